The van der Waals surface area contributed by atoms with E-state index in [1.54, 1.807) is 12.1 Å². The maximum atomic E-state index is 12.7. The predicted molar refractivity (Wildman–Crippen MR) is 316 cm³/mol. The largest absolute Gasteiger partial charge is 0.573 e. The van der Waals surface area contributed by atoms with Gasteiger partial charge < -0.3 is 25.4 Å². The fourth-order valence-corrected chi connectivity index (χ4v) is 9.21. The highest BCUT2D eigenvalue weighted by Crippen LogP contribution is 2.38. The summed E-state index contributed by atoms with van der Waals surface area (Å²) in [6.45, 7) is 6.65. The van der Waals surface area contributed by atoms with Crippen molar-refractivity contribution < 1.29 is 35.8 Å². The quantitative estimate of drug-likeness (QED) is 0.107. The van der Waals surface area contributed by atoms with Gasteiger partial charge in [0.2, 0.25) is 0 Å². The maximum absolute atomic E-state index is 12.7. The summed E-state index contributed by atoms with van der Waals surface area (Å²) >= 11 is 0. The summed E-state index contributed by atoms with van der Waals surface area (Å²) in [5, 5.41) is 41.1. The number of ether oxygens (including phenoxy) is 2. The fourth-order valence-electron chi connectivity index (χ4n) is 9.21. The van der Waals surface area contributed by atoms with E-state index in [0.29, 0.717) is 23.0 Å². The number of anilines is 6. The molecule has 0 unspecified atom stereocenters. The topological polar surface area (TPSA) is 132 Å². The van der Waals surface area contributed by atoms with Gasteiger partial charge in [-0.3, -0.25) is 0 Å². The number of hydrogen-bond donors (Lipinski definition) is 3. The van der Waals surface area contributed by atoms with Gasteiger partial charge in [-0.2, -0.15) is 0 Å². The summed E-state index contributed by atoms with van der Waals surface area (Å²) in [4.78, 5) is 0. The van der Waals surface area contributed by atoms with Crippen molar-refractivity contribution in [3.63, 3.8) is 0 Å². The minimum absolute atomic E-state index is 0.0385. The minimum Gasteiger partial charge on any atom is -0.406 e. The number of aromatic nitrogens is 6. The second-order valence-electron chi connectivity index (χ2n) is 19.7. The van der Waals surface area contributed by atoms with Gasteiger partial charge in [0.1, 0.15) is 22.8 Å². The van der Waals surface area contributed by atoms with Gasteiger partial charge in [-0.15, -0.1) is 56.9 Å². The van der Waals surface area contributed by atoms with E-state index in [1.165, 1.54) is 42.0 Å². The Bertz CT molecular complexity index is 4170. The number of benzene rings is 9. The SMILES string of the molecule is CC(C)(C)c1ccccc1Nc1nnc(-c2ccccc2)c2ccccc12.FC(F)(F)Oc1cccc(Nc2nnc(-c3ccccc3)c3ccccc23)c1.FC(F)(F)Oc1ccccc1Nc1nnc(-c2ccccc2)c2ccccc12. The molecule has 9 aromatic carbocycles. The Labute approximate surface area is 473 Å². The van der Waals surface area contributed by atoms with E-state index in [4.69, 9.17) is 0 Å². The molecule has 0 spiro atoms. The molecule has 3 heterocycles. The van der Waals surface area contributed by atoms with E-state index in [2.05, 4.69) is 119 Å². The van der Waals surface area contributed by atoms with Crippen LogP contribution in [0.15, 0.2) is 237 Å². The van der Waals surface area contributed by atoms with Gasteiger partial charge in [0, 0.05) is 66.4 Å². The van der Waals surface area contributed by atoms with E-state index in [1.807, 2.05) is 146 Å². The van der Waals surface area contributed by atoms with Gasteiger partial charge in [0.05, 0.1) is 5.69 Å². The van der Waals surface area contributed by atoms with Gasteiger partial charge >= 0.3 is 12.7 Å². The van der Waals surface area contributed by atoms with Crippen LogP contribution in [-0.4, -0.2) is 43.3 Å². The predicted octanol–water partition coefficient (Wildman–Crippen LogP) is 18.2. The van der Waals surface area contributed by atoms with Gasteiger partial charge in [-0.1, -0.05) is 221 Å². The minimum atomic E-state index is -4.79. The van der Waals surface area contributed by atoms with Crippen LogP contribution in [0.2, 0.25) is 0 Å². The first kappa shape index (κ1) is 55.9. The molecule has 12 rings (SSSR count). The lowest BCUT2D eigenvalue weighted by Crippen LogP contribution is -2.18. The molecule has 0 atom stereocenters. The van der Waals surface area contributed by atoms with Crippen molar-refractivity contribution in [3.8, 4) is 45.3 Å². The summed E-state index contributed by atoms with van der Waals surface area (Å²) in [6.07, 6.45) is -9.54. The van der Waals surface area contributed by atoms with Crippen LogP contribution in [0.1, 0.15) is 26.3 Å². The molecule has 3 aromatic heterocycles. The third-order valence-corrected chi connectivity index (χ3v) is 12.9. The molecule has 0 saturated carbocycles. The summed E-state index contributed by atoms with van der Waals surface area (Å²) in [7, 11) is 0. The third-order valence-electron chi connectivity index (χ3n) is 12.9. The number of fused-ring (bicyclic) bond motifs is 3. The fraction of sp³-hybridized carbons (Fsp3) is 0.0909. The normalized spacial score (nSPS) is 11.4. The first-order valence-corrected chi connectivity index (χ1v) is 26.1. The molecule has 3 N–H and O–H groups in total. The first-order chi connectivity index (χ1) is 40.0. The number of hydrogen-bond acceptors (Lipinski definition) is 11. The molecule has 414 valence electrons. The lowest BCUT2D eigenvalue weighted by molar-refractivity contribution is -0.275. The molecule has 17 heteroatoms. The van der Waals surface area contributed by atoms with Crippen molar-refractivity contribution in [1.29, 1.82) is 0 Å². The standard InChI is InChI=1S/C24H23N3.2C21H14F3N3O/c1-24(2,3)20-15-9-10-16-21(20)25-23-19-14-8-7-13-18(19)22(26-27-23)17-11-5-4-6-12-17;22-21(23,24)28-18-13-7-6-12-17(18)25-20-16-11-5-4-10-15(16)19(26-27-20)14-8-2-1-3-9-14;22-21(23,24)28-16-10-6-9-15(13-16)25-20-18-12-5-4-11-17(18)19(26-27-20)14-7-2-1-3-8-14/h4-16H,1-3H3,(H,25,27);2*1-13H,(H,25,27). The Morgan fingerprint density at radius 1 is 0.325 bits per heavy atom. The molecular formula is C66H51F6N9O2. The van der Waals surface area contributed by atoms with Crippen LogP contribution in [0.3, 0.4) is 0 Å². The number of nitrogens with one attached hydrogen (secondary N) is 3. The monoisotopic (exact) mass is 1120 g/mol. The Hall–Kier alpha value is -10.4. The van der Waals surface area contributed by atoms with Crippen molar-refractivity contribution >= 4 is 66.8 Å². The lowest BCUT2D eigenvalue weighted by Gasteiger charge is -2.23. The van der Waals surface area contributed by atoms with Crippen LogP contribution in [0.5, 0.6) is 11.5 Å². The van der Waals surface area contributed by atoms with Crippen LogP contribution >= 0.6 is 0 Å². The first-order valence-electron chi connectivity index (χ1n) is 26.1. The van der Waals surface area contributed by atoms with Crippen LogP contribution in [-0.2, 0) is 5.41 Å². The summed E-state index contributed by atoms with van der Waals surface area (Å²) in [5.41, 5.74) is 8.15. The van der Waals surface area contributed by atoms with E-state index in [9.17, 15) is 26.3 Å². The Balaban J connectivity index is 0.000000139. The molecule has 83 heavy (non-hydrogen) atoms. The van der Waals surface area contributed by atoms with E-state index in [0.717, 1.165) is 71.9 Å². The van der Waals surface area contributed by atoms with Gasteiger partial charge in [-0.25, -0.2) is 0 Å². The molecule has 0 bridgehead atoms. The molecular weight excluding hydrogens is 1060 g/mol. The van der Waals surface area contributed by atoms with Crippen molar-refractivity contribution in [3.05, 3.63) is 242 Å². The van der Waals surface area contributed by atoms with Crippen molar-refractivity contribution in [2.45, 2.75) is 38.9 Å². The molecule has 0 aliphatic carbocycles. The van der Waals surface area contributed by atoms with Crippen LogP contribution in [0, 0.1) is 0 Å². The second kappa shape index (κ2) is 24.5. The highest BCUT2D eigenvalue weighted by atomic mass is 19.4. The van der Waals surface area contributed by atoms with Crippen molar-refractivity contribution in [2.75, 3.05) is 16.0 Å². The number of rotatable bonds is 11. The summed E-state index contributed by atoms with van der Waals surface area (Å²) in [5.74, 6) is 0.915. The number of halogens is 6. The highest BCUT2D eigenvalue weighted by molar-refractivity contribution is 6.03. The van der Waals surface area contributed by atoms with Crippen molar-refractivity contribution in [2.24, 2.45) is 0 Å². The van der Waals surface area contributed by atoms with E-state index >= 15 is 0 Å². The van der Waals surface area contributed by atoms with E-state index in [-0.39, 0.29) is 22.6 Å². The van der Waals surface area contributed by atoms with Gasteiger partial charge in [0.15, 0.2) is 23.2 Å². The van der Waals surface area contributed by atoms with Gasteiger partial charge in [-0.05, 0) is 41.3 Å². The molecule has 11 nitrogen and oxygen atoms in total. The van der Waals surface area contributed by atoms with Crippen LogP contribution in [0.4, 0.5) is 60.9 Å². The summed E-state index contributed by atoms with van der Waals surface area (Å²) in [6, 6.07) is 72.5. The zero-order chi connectivity index (χ0) is 58.0. The lowest BCUT2D eigenvalue weighted by atomic mass is 9.86. The number of para-hydroxylation sites is 3. The van der Waals surface area contributed by atoms with Crippen LogP contribution in [0.25, 0.3) is 66.1 Å². The molecule has 0 aliphatic heterocycles. The summed E-state index contributed by atoms with van der Waals surface area (Å²) < 4.78 is 83.4. The number of nitrogens with zero attached hydrogens (tertiary/aromatic N) is 6. The average Bonchev–Trinajstić information content (AvgIpc) is 3.50. The molecule has 0 fully saturated rings. The zero-order valence-corrected chi connectivity index (χ0v) is 44.8. The maximum Gasteiger partial charge on any atom is 0.573 e. The number of alkyl halides is 6. The third kappa shape index (κ3) is 14.0. The Kier molecular flexibility index (Phi) is 16.5. The smallest absolute Gasteiger partial charge is 0.406 e. The molecule has 12 aromatic rings. The van der Waals surface area contributed by atoms with Crippen LogP contribution < -0.4 is 25.4 Å². The Morgan fingerprint density at radius 2 is 0.687 bits per heavy atom. The average molecular weight is 1120 g/mol. The van der Waals surface area contributed by atoms with Gasteiger partial charge in [0.25, 0.3) is 0 Å². The molecule has 0 amide bonds. The molecule has 0 saturated heterocycles. The zero-order valence-electron chi connectivity index (χ0n) is 44.8. The van der Waals surface area contributed by atoms with E-state index < -0.39 is 12.7 Å². The molecule has 0 aliphatic rings. The second-order valence-corrected chi connectivity index (χ2v) is 19.7. The molecule has 0 radical (unpaired) electrons. The highest BCUT2D eigenvalue weighted by Gasteiger charge is 2.33. The Morgan fingerprint density at radius 3 is 1.12 bits per heavy atom. The van der Waals surface area contributed by atoms with Crippen molar-refractivity contribution in [1.82, 2.24) is 30.6 Å².